The molecule has 0 aliphatic heterocycles. The molecule has 0 saturated heterocycles. The first-order chi connectivity index (χ1) is 8.61. The third-order valence-corrected chi connectivity index (χ3v) is 4.89. The van der Waals surface area contributed by atoms with Crippen molar-refractivity contribution in [2.45, 2.75) is 13.0 Å². The fraction of sp³-hybridized carbons (Fsp3) is 0.154. The van der Waals surface area contributed by atoms with E-state index in [9.17, 15) is 0 Å². The molecule has 2 aromatic rings. The van der Waals surface area contributed by atoms with Gasteiger partial charge >= 0.3 is 0 Å². The van der Waals surface area contributed by atoms with Gasteiger partial charge in [-0.1, -0.05) is 11.6 Å². The number of nitrogens with zero attached hydrogens (tertiary/aromatic N) is 1. The summed E-state index contributed by atoms with van der Waals surface area (Å²) in [6, 6.07) is 9.46. The van der Waals surface area contributed by atoms with Crippen LogP contribution in [0.15, 0.2) is 34.1 Å². The van der Waals surface area contributed by atoms with Crippen LogP contribution in [0.5, 0.6) is 0 Å². The van der Waals surface area contributed by atoms with Crippen LogP contribution in [-0.2, 0) is 0 Å². The van der Waals surface area contributed by atoms with Gasteiger partial charge in [-0.05, 0) is 52.5 Å². The zero-order valence-electron chi connectivity index (χ0n) is 9.58. The van der Waals surface area contributed by atoms with Crippen molar-refractivity contribution in [1.29, 1.82) is 5.26 Å². The fourth-order valence-corrected chi connectivity index (χ4v) is 3.52. The lowest BCUT2D eigenvalue weighted by Crippen LogP contribution is -2.06. The highest BCUT2D eigenvalue weighted by molar-refractivity contribution is 9.10. The molecule has 5 heteroatoms. The second kappa shape index (κ2) is 5.75. The summed E-state index contributed by atoms with van der Waals surface area (Å²) in [6.07, 6.45) is 0. The Morgan fingerprint density at radius 1 is 1.44 bits per heavy atom. The Labute approximate surface area is 123 Å². The summed E-state index contributed by atoms with van der Waals surface area (Å²) in [4.78, 5) is 1.20. The molecule has 92 valence electrons. The van der Waals surface area contributed by atoms with Crippen LogP contribution in [0.4, 0.5) is 5.69 Å². The number of hydrogen-bond acceptors (Lipinski definition) is 3. The molecule has 0 saturated carbocycles. The molecular weight excluding hydrogens is 332 g/mol. The van der Waals surface area contributed by atoms with Crippen molar-refractivity contribution < 1.29 is 0 Å². The Hall–Kier alpha value is -1.02. The molecule has 18 heavy (non-hydrogen) atoms. The summed E-state index contributed by atoms with van der Waals surface area (Å²) in [7, 11) is 0. The lowest BCUT2D eigenvalue weighted by Gasteiger charge is -2.15. The van der Waals surface area contributed by atoms with Gasteiger partial charge in [-0.25, -0.2) is 0 Å². The van der Waals surface area contributed by atoms with Crippen LogP contribution in [0.25, 0.3) is 0 Å². The van der Waals surface area contributed by atoms with Crippen LogP contribution in [0, 0.1) is 11.3 Å². The molecule has 1 heterocycles. The quantitative estimate of drug-likeness (QED) is 0.832. The summed E-state index contributed by atoms with van der Waals surface area (Å²) < 4.78 is 1.08. The fourth-order valence-electron chi connectivity index (χ4n) is 1.62. The van der Waals surface area contributed by atoms with E-state index in [1.54, 1.807) is 29.5 Å². The van der Waals surface area contributed by atoms with Gasteiger partial charge in [0.2, 0.25) is 0 Å². The van der Waals surface area contributed by atoms with Crippen molar-refractivity contribution in [3.8, 4) is 6.07 Å². The second-order valence-electron chi connectivity index (χ2n) is 3.81. The molecule has 1 aromatic heterocycles. The first kappa shape index (κ1) is 13.4. The predicted octanol–water partition coefficient (Wildman–Crippen LogP) is 5.21. The highest BCUT2D eigenvalue weighted by Gasteiger charge is 2.12. The number of nitriles is 1. The highest BCUT2D eigenvalue weighted by atomic mass is 79.9. The molecule has 0 spiro atoms. The average Bonchev–Trinajstić information content (AvgIpc) is 2.78. The van der Waals surface area contributed by atoms with Crippen LogP contribution in [0.1, 0.15) is 23.4 Å². The molecule has 2 nitrogen and oxygen atoms in total. The zero-order valence-corrected chi connectivity index (χ0v) is 12.7. The number of rotatable bonds is 3. The van der Waals surface area contributed by atoms with Crippen LogP contribution >= 0.6 is 38.9 Å². The number of nitrogens with one attached hydrogen (secondary N) is 1. The van der Waals surface area contributed by atoms with Crippen LogP contribution in [0.3, 0.4) is 0 Å². The number of benzene rings is 1. The third-order valence-electron chi connectivity index (χ3n) is 2.51. The SMILES string of the molecule is CC(Nc1cc(C#N)ccc1Cl)c1sccc1Br. The van der Waals surface area contributed by atoms with E-state index in [1.165, 1.54) is 4.88 Å². The molecule has 0 aliphatic carbocycles. The Morgan fingerprint density at radius 2 is 2.22 bits per heavy atom. The van der Waals surface area contributed by atoms with Crippen LogP contribution in [0.2, 0.25) is 5.02 Å². The molecule has 0 aliphatic rings. The van der Waals surface area contributed by atoms with Crippen molar-refractivity contribution >= 4 is 44.6 Å². The number of halogens is 2. The summed E-state index contributed by atoms with van der Waals surface area (Å²) >= 11 is 11.3. The summed E-state index contributed by atoms with van der Waals surface area (Å²) in [5.74, 6) is 0. The van der Waals surface area contributed by atoms with Crippen molar-refractivity contribution in [2.24, 2.45) is 0 Å². The van der Waals surface area contributed by atoms with Gasteiger partial charge in [-0.3, -0.25) is 0 Å². The van der Waals surface area contributed by atoms with E-state index in [1.807, 2.05) is 11.4 Å². The highest BCUT2D eigenvalue weighted by Crippen LogP contribution is 2.33. The molecule has 2 rings (SSSR count). The van der Waals surface area contributed by atoms with Gasteiger partial charge in [0.1, 0.15) is 0 Å². The van der Waals surface area contributed by atoms with Gasteiger partial charge in [0, 0.05) is 9.35 Å². The molecular formula is C13H10BrClN2S. The molecule has 1 aromatic carbocycles. The number of anilines is 1. The Bertz CT molecular complexity index is 603. The molecule has 0 radical (unpaired) electrons. The van der Waals surface area contributed by atoms with Crippen molar-refractivity contribution in [3.63, 3.8) is 0 Å². The summed E-state index contributed by atoms with van der Waals surface area (Å²) in [6.45, 7) is 2.06. The molecule has 0 amide bonds. The van der Waals surface area contributed by atoms with E-state index in [4.69, 9.17) is 16.9 Å². The summed E-state index contributed by atoms with van der Waals surface area (Å²) in [5.41, 5.74) is 1.38. The average molecular weight is 342 g/mol. The molecule has 1 atom stereocenters. The van der Waals surface area contributed by atoms with Crippen molar-refractivity contribution in [2.75, 3.05) is 5.32 Å². The monoisotopic (exact) mass is 340 g/mol. The maximum atomic E-state index is 8.89. The maximum absolute atomic E-state index is 8.89. The molecule has 1 N–H and O–H groups in total. The minimum atomic E-state index is 0.130. The first-order valence-corrected chi connectivity index (χ1v) is 7.36. The Kier molecular flexibility index (Phi) is 4.28. The third kappa shape index (κ3) is 2.86. The minimum absolute atomic E-state index is 0.130. The first-order valence-electron chi connectivity index (χ1n) is 5.31. The number of hydrogen-bond donors (Lipinski definition) is 1. The molecule has 1 unspecified atom stereocenters. The smallest absolute Gasteiger partial charge is 0.0992 e. The van der Waals surface area contributed by atoms with Gasteiger partial charge in [-0.15, -0.1) is 11.3 Å². The standard InChI is InChI=1S/C13H10BrClN2S/c1-8(13-10(14)4-5-18-13)17-12-6-9(7-16)2-3-11(12)15/h2-6,8,17H,1H3. The minimum Gasteiger partial charge on any atom is -0.376 e. The summed E-state index contributed by atoms with van der Waals surface area (Å²) in [5, 5.41) is 14.9. The second-order valence-corrected chi connectivity index (χ2v) is 6.01. The van der Waals surface area contributed by atoms with Crippen LogP contribution < -0.4 is 5.32 Å². The van der Waals surface area contributed by atoms with Gasteiger partial charge in [-0.2, -0.15) is 5.26 Å². The largest absolute Gasteiger partial charge is 0.376 e. The van der Waals surface area contributed by atoms with Crippen LogP contribution in [-0.4, -0.2) is 0 Å². The van der Waals surface area contributed by atoms with E-state index in [-0.39, 0.29) is 6.04 Å². The predicted molar refractivity (Wildman–Crippen MR) is 80.2 cm³/mol. The van der Waals surface area contributed by atoms with E-state index >= 15 is 0 Å². The van der Waals surface area contributed by atoms with Crippen molar-refractivity contribution in [3.05, 3.63) is 49.6 Å². The van der Waals surface area contributed by atoms with E-state index in [0.717, 1.165) is 10.2 Å². The topological polar surface area (TPSA) is 35.8 Å². The van der Waals surface area contributed by atoms with Gasteiger partial charge < -0.3 is 5.32 Å². The zero-order chi connectivity index (χ0) is 13.1. The molecule has 0 fully saturated rings. The van der Waals surface area contributed by atoms with Gasteiger partial charge in [0.15, 0.2) is 0 Å². The van der Waals surface area contributed by atoms with Gasteiger partial charge in [0.05, 0.1) is 28.4 Å². The normalized spacial score (nSPS) is 11.9. The lowest BCUT2D eigenvalue weighted by molar-refractivity contribution is 0.903. The number of thiophene rings is 1. The Balaban J connectivity index is 2.24. The maximum Gasteiger partial charge on any atom is 0.0992 e. The van der Waals surface area contributed by atoms with E-state index in [0.29, 0.717) is 10.6 Å². The molecule has 0 bridgehead atoms. The van der Waals surface area contributed by atoms with Crippen molar-refractivity contribution in [1.82, 2.24) is 0 Å². The lowest BCUT2D eigenvalue weighted by atomic mass is 10.2. The Morgan fingerprint density at radius 3 is 2.83 bits per heavy atom. The van der Waals surface area contributed by atoms with E-state index in [2.05, 4.69) is 34.2 Å². The van der Waals surface area contributed by atoms with E-state index < -0.39 is 0 Å². The van der Waals surface area contributed by atoms with Gasteiger partial charge in [0.25, 0.3) is 0 Å².